The molecule has 3 aliphatic heterocycles. The molecule has 4 atom stereocenters. The van der Waals surface area contributed by atoms with E-state index in [4.69, 9.17) is 9.47 Å². The second-order valence-electron chi connectivity index (χ2n) is 9.97. The molecular weight excluding hydrogens is 406 g/mol. The molecule has 0 aromatic heterocycles. The van der Waals surface area contributed by atoms with Gasteiger partial charge < -0.3 is 19.7 Å². The summed E-state index contributed by atoms with van der Waals surface area (Å²) in [6, 6.07) is 12.0. The molecule has 2 aromatic rings. The third-order valence-electron chi connectivity index (χ3n) is 7.48. The third kappa shape index (κ3) is 3.55. The van der Waals surface area contributed by atoms with Crippen LogP contribution < -0.4 is 4.74 Å². The predicted octanol–water partition coefficient (Wildman–Crippen LogP) is 4.68. The second-order valence-corrected chi connectivity index (χ2v) is 9.97. The number of hydrogen-bond acceptors (Lipinski definition) is 5. The molecule has 0 saturated carbocycles. The van der Waals surface area contributed by atoms with E-state index in [2.05, 4.69) is 24.8 Å². The molecule has 0 bridgehead atoms. The number of para-hydroxylation sites is 1. The Kier molecular flexibility index (Phi) is 5.18. The van der Waals surface area contributed by atoms with Gasteiger partial charge in [0.1, 0.15) is 22.7 Å². The number of carboxylic acid groups (broad SMARTS) is 1. The van der Waals surface area contributed by atoms with Crippen LogP contribution in [0.15, 0.2) is 36.4 Å². The summed E-state index contributed by atoms with van der Waals surface area (Å²) in [5, 5.41) is 19.6. The number of nitrogens with zero attached hydrogens (tertiary/aromatic N) is 1. The Hall–Kier alpha value is -2.57. The minimum absolute atomic E-state index is 0.0330. The van der Waals surface area contributed by atoms with Crippen LogP contribution in [0.1, 0.15) is 66.3 Å². The van der Waals surface area contributed by atoms with E-state index in [1.807, 2.05) is 24.3 Å². The smallest absolute Gasteiger partial charge is 0.339 e. The second kappa shape index (κ2) is 7.78. The molecule has 2 saturated heterocycles. The number of ether oxygens (including phenoxy) is 2. The SMILES string of the molecule is Cc1cc(CN2CCC[C@@H]3O[C@@H]4c5ccccc5OC(C)(C)[C@H]4C[C@@H]32)cc(C(=O)O)c1O. The lowest BCUT2D eigenvalue weighted by molar-refractivity contribution is -0.190. The normalized spacial score (nSPS) is 28.7. The number of piperidine rings is 1. The highest BCUT2D eigenvalue weighted by Crippen LogP contribution is 2.52. The summed E-state index contributed by atoms with van der Waals surface area (Å²) in [5.41, 5.74) is 2.27. The van der Waals surface area contributed by atoms with Crippen LogP contribution in [0.2, 0.25) is 0 Å². The molecule has 6 heteroatoms. The molecule has 0 radical (unpaired) electrons. The molecule has 0 unspecified atom stereocenters. The summed E-state index contributed by atoms with van der Waals surface area (Å²) < 4.78 is 13.2. The van der Waals surface area contributed by atoms with Gasteiger partial charge >= 0.3 is 5.97 Å². The molecule has 6 nitrogen and oxygen atoms in total. The van der Waals surface area contributed by atoms with Gasteiger partial charge in [0.05, 0.1) is 12.2 Å². The number of aromatic carboxylic acids is 1. The van der Waals surface area contributed by atoms with E-state index in [0.717, 1.165) is 42.7 Å². The average molecular weight is 438 g/mol. The number of hydrogen-bond donors (Lipinski definition) is 2. The quantitative estimate of drug-likeness (QED) is 0.726. The Morgan fingerprint density at radius 2 is 2.03 bits per heavy atom. The van der Waals surface area contributed by atoms with E-state index in [0.29, 0.717) is 12.1 Å². The average Bonchev–Trinajstić information content (AvgIpc) is 2.75. The van der Waals surface area contributed by atoms with Crippen LogP contribution in [0.3, 0.4) is 0 Å². The number of likely N-dealkylation sites (tertiary alicyclic amines) is 1. The Bertz CT molecular complexity index is 1050. The van der Waals surface area contributed by atoms with Crippen LogP contribution in [0.25, 0.3) is 0 Å². The molecule has 0 aliphatic carbocycles. The van der Waals surface area contributed by atoms with Crippen LogP contribution >= 0.6 is 0 Å². The van der Waals surface area contributed by atoms with E-state index in [1.54, 1.807) is 13.0 Å². The van der Waals surface area contributed by atoms with Gasteiger partial charge in [0.15, 0.2) is 0 Å². The first kappa shape index (κ1) is 21.3. The lowest BCUT2D eigenvalue weighted by Gasteiger charge is -2.54. The number of fused-ring (bicyclic) bond motifs is 4. The largest absolute Gasteiger partial charge is 0.507 e. The van der Waals surface area contributed by atoms with Gasteiger partial charge in [-0.25, -0.2) is 4.79 Å². The fraction of sp³-hybridized carbons (Fsp3) is 0.500. The van der Waals surface area contributed by atoms with Crippen molar-refractivity contribution >= 4 is 5.97 Å². The predicted molar refractivity (Wildman–Crippen MR) is 120 cm³/mol. The van der Waals surface area contributed by atoms with Crippen molar-refractivity contribution in [3.05, 3.63) is 58.7 Å². The highest BCUT2D eigenvalue weighted by molar-refractivity contribution is 5.91. The van der Waals surface area contributed by atoms with Crippen LogP contribution in [-0.4, -0.2) is 45.4 Å². The summed E-state index contributed by atoms with van der Waals surface area (Å²) in [6.45, 7) is 7.64. The Morgan fingerprint density at radius 3 is 2.81 bits per heavy atom. The van der Waals surface area contributed by atoms with E-state index >= 15 is 0 Å². The molecule has 0 spiro atoms. The van der Waals surface area contributed by atoms with Gasteiger partial charge in [-0.2, -0.15) is 0 Å². The van der Waals surface area contributed by atoms with Crippen molar-refractivity contribution < 1.29 is 24.5 Å². The summed E-state index contributed by atoms with van der Waals surface area (Å²) in [6.07, 6.45) is 3.22. The third-order valence-corrected chi connectivity index (χ3v) is 7.48. The summed E-state index contributed by atoms with van der Waals surface area (Å²) >= 11 is 0. The molecule has 2 aromatic carbocycles. The van der Waals surface area contributed by atoms with Gasteiger partial charge in [-0.15, -0.1) is 0 Å². The maximum absolute atomic E-state index is 11.6. The molecule has 5 rings (SSSR count). The van der Waals surface area contributed by atoms with Crippen molar-refractivity contribution in [1.29, 1.82) is 0 Å². The van der Waals surface area contributed by atoms with Crippen molar-refractivity contribution in [1.82, 2.24) is 4.90 Å². The number of carboxylic acids is 1. The maximum atomic E-state index is 11.6. The van der Waals surface area contributed by atoms with E-state index in [-0.39, 0.29) is 41.1 Å². The molecule has 2 fully saturated rings. The maximum Gasteiger partial charge on any atom is 0.339 e. The summed E-state index contributed by atoms with van der Waals surface area (Å²) in [7, 11) is 0. The minimum atomic E-state index is -1.10. The Balaban J connectivity index is 1.43. The van der Waals surface area contributed by atoms with Gasteiger partial charge in [0, 0.05) is 24.1 Å². The summed E-state index contributed by atoms with van der Waals surface area (Å²) in [4.78, 5) is 14.0. The minimum Gasteiger partial charge on any atom is -0.507 e. The van der Waals surface area contributed by atoms with Crippen molar-refractivity contribution in [2.45, 2.75) is 70.4 Å². The molecule has 3 heterocycles. The number of rotatable bonds is 3. The van der Waals surface area contributed by atoms with Crippen molar-refractivity contribution in [2.75, 3.05) is 6.54 Å². The Labute approximate surface area is 188 Å². The monoisotopic (exact) mass is 437 g/mol. The molecule has 170 valence electrons. The first-order valence-corrected chi connectivity index (χ1v) is 11.5. The number of aryl methyl sites for hydroxylation is 1. The highest BCUT2D eigenvalue weighted by atomic mass is 16.5. The van der Waals surface area contributed by atoms with Crippen molar-refractivity contribution in [2.24, 2.45) is 5.92 Å². The highest BCUT2D eigenvalue weighted by Gasteiger charge is 2.52. The van der Waals surface area contributed by atoms with Crippen LogP contribution in [0.4, 0.5) is 0 Å². The number of phenols is 1. The zero-order valence-corrected chi connectivity index (χ0v) is 18.9. The zero-order chi connectivity index (χ0) is 22.6. The first-order valence-electron chi connectivity index (χ1n) is 11.5. The van der Waals surface area contributed by atoms with E-state index < -0.39 is 5.97 Å². The standard InChI is InChI=1S/C26H31NO5/c1-15-11-16(12-18(23(15)28)25(29)30)14-27-10-6-9-22-20(27)13-19-24(31-22)17-7-4-5-8-21(17)32-26(19,2)3/h4-5,7-8,11-12,19-20,22,24,28H,6,9-10,13-14H2,1-3H3,(H,29,30)/t19-,20-,22-,24+/m0/s1. The van der Waals surface area contributed by atoms with Gasteiger partial charge in [-0.3, -0.25) is 4.90 Å². The molecule has 2 N–H and O–H groups in total. The van der Waals surface area contributed by atoms with Crippen LogP contribution in [0, 0.1) is 12.8 Å². The molecular formula is C26H31NO5. The van der Waals surface area contributed by atoms with Crippen LogP contribution in [0.5, 0.6) is 11.5 Å². The van der Waals surface area contributed by atoms with Gasteiger partial charge in [0.25, 0.3) is 0 Å². The summed E-state index contributed by atoms with van der Waals surface area (Å²) in [5.74, 6) is -0.102. The number of carbonyl (C=O) groups is 1. The van der Waals surface area contributed by atoms with Gasteiger partial charge in [0.2, 0.25) is 0 Å². The number of benzene rings is 2. The van der Waals surface area contributed by atoms with Crippen molar-refractivity contribution in [3.8, 4) is 11.5 Å². The molecule has 32 heavy (non-hydrogen) atoms. The topological polar surface area (TPSA) is 79.2 Å². The lowest BCUT2D eigenvalue weighted by Crippen LogP contribution is -2.58. The van der Waals surface area contributed by atoms with Crippen molar-refractivity contribution in [3.63, 3.8) is 0 Å². The van der Waals surface area contributed by atoms with E-state index in [1.165, 1.54) is 0 Å². The first-order chi connectivity index (χ1) is 15.2. The molecule has 3 aliphatic rings. The number of aromatic hydroxyl groups is 1. The van der Waals surface area contributed by atoms with Gasteiger partial charge in [-0.05, 0) is 69.8 Å². The van der Waals surface area contributed by atoms with Crippen LogP contribution in [-0.2, 0) is 11.3 Å². The fourth-order valence-electron chi connectivity index (χ4n) is 5.86. The zero-order valence-electron chi connectivity index (χ0n) is 18.9. The fourth-order valence-corrected chi connectivity index (χ4v) is 5.86. The van der Waals surface area contributed by atoms with E-state index in [9.17, 15) is 15.0 Å². The van der Waals surface area contributed by atoms with Gasteiger partial charge in [-0.1, -0.05) is 24.3 Å². The Morgan fingerprint density at radius 1 is 1.25 bits per heavy atom. The lowest BCUT2D eigenvalue weighted by atomic mass is 9.72. The molecule has 0 amide bonds.